The van der Waals surface area contributed by atoms with E-state index in [-0.39, 0.29) is 24.4 Å². The zero-order chi connectivity index (χ0) is 11.9. The van der Waals surface area contributed by atoms with Gasteiger partial charge in [-0.3, -0.25) is 4.79 Å². The van der Waals surface area contributed by atoms with Crippen LogP contribution in [-0.2, 0) is 9.53 Å². The van der Waals surface area contributed by atoms with E-state index in [1.807, 2.05) is 6.07 Å². The normalized spacial score (nSPS) is 42.4. The van der Waals surface area contributed by atoms with Crippen LogP contribution in [0.2, 0.25) is 0 Å². The zero-order valence-electron chi connectivity index (χ0n) is 10.2. The second-order valence-electron chi connectivity index (χ2n) is 6.26. The Morgan fingerprint density at radius 1 is 1.18 bits per heavy atom. The maximum absolute atomic E-state index is 11.4. The van der Waals surface area contributed by atoms with Gasteiger partial charge in [0.15, 0.2) is 5.78 Å². The van der Waals surface area contributed by atoms with Crippen LogP contribution in [0, 0.1) is 29.1 Å². The van der Waals surface area contributed by atoms with Crippen molar-refractivity contribution in [1.29, 1.82) is 5.26 Å². The summed E-state index contributed by atoms with van der Waals surface area (Å²) < 4.78 is 5.96. The molecular formula is C14H19NO2. The van der Waals surface area contributed by atoms with Crippen LogP contribution in [0.5, 0.6) is 0 Å². The highest BCUT2D eigenvalue weighted by atomic mass is 16.5. The molecule has 4 saturated carbocycles. The van der Waals surface area contributed by atoms with Gasteiger partial charge in [0.1, 0.15) is 6.61 Å². The molecule has 3 nitrogen and oxygen atoms in total. The summed E-state index contributed by atoms with van der Waals surface area (Å²) in [5.74, 6) is 2.45. The third kappa shape index (κ3) is 2.11. The van der Waals surface area contributed by atoms with Crippen molar-refractivity contribution < 1.29 is 9.53 Å². The second kappa shape index (κ2) is 4.10. The molecule has 4 fully saturated rings. The molecule has 0 spiro atoms. The van der Waals surface area contributed by atoms with Crippen molar-refractivity contribution >= 4 is 5.78 Å². The van der Waals surface area contributed by atoms with Crippen molar-refractivity contribution in [2.75, 3.05) is 6.61 Å². The minimum atomic E-state index is -0.0664. The Hall–Kier alpha value is -0.880. The van der Waals surface area contributed by atoms with Crippen LogP contribution in [0.3, 0.4) is 0 Å². The summed E-state index contributed by atoms with van der Waals surface area (Å²) in [7, 11) is 0. The fraction of sp³-hybridized carbons (Fsp3) is 0.857. The smallest absolute Gasteiger partial charge is 0.172 e. The third-order valence-corrected chi connectivity index (χ3v) is 4.80. The molecule has 0 aromatic carbocycles. The van der Waals surface area contributed by atoms with E-state index in [4.69, 9.17) is 10.00 Å². The number of nitriles is 1. The molecule has 0 aromatic heterocycles. The Morgan fingerprint density at radius 3 is 2.18 bits per heavy atom. The molecule has 3 heteroatoms. The van der Waals surface area contributed by atoms with Gasteiger partial charge >= 0.3 is 0 Å². The highest BCUT2D eigenvalue weighted by Gasteiger charge is 2.51. The largest absolute Gasteiger partial charge is 0.367 e. The van der Waals surface area contributed by atoms with Crippen molar-refractivity contribution in [2.45, 2.75) is 50.5 Å². The first-order chi connectivity index (χ1) is 8.19. The molecule has 4 aliphatic rings. The van der Waals surface area contributed by atoms with Gasteiger partial charge in [-0.1, -0.05) is 0 Å². The van der Waals surface area contributed by atoms with Crippen molar-refractivity contribution in [3.05, 3.63) is 0 Å². The van der Waals surface area contributed by atoms with E-state index >= 15 is 0 Å². The molecule has 92 valence electrons. The number of hydrogen-bond donors (Lipinski definition) is 0. The predicted octanol–water partition coefficient (Wildman–Crippen LogP) is 2.45. The molecule has 0 aromatic rings. The molecule has 4 aliphatic carbocycles. The Balaban J connectivity index is 1.63. The van der Waals surface area contributed by atoms with E-state index in [1.165, 1.54) is 19.3 Å². The lowest BCUT2D eigenvalue weighted by Crippen LogP contribution is -2.52. The molecule has 0 amide bonds. The molecule has 4 rings (SSSR count). The molecule has 0 radical (unpaired) electrons. The number of rotatable bonds is 4. The van der Waals surface area contributed by atoms with Gasteiger partial charge in [0, 0.05) is 0 Å². The van der Waals surface area contributed by atoms with E-state index < -0.39 is 0 Å². The Kier molecular flexibility index (Phi) is 2.71. The van der Waals surface area contributed by atoms with Gasteiger partial charge in [-0.2, -0.15) is 5.26 Å². The van der Waals surface area contributed by atoms with E-state index in [0.29, 0.717) is 0 Å². The highest BCUT2D eigenvalue weighted by molar-refractivity contribution is 5.81. The average molecular weight is 233 g/mol. The fourth-order valence-electron chi connectivity index (χ4n) is 4.58. The molecule has 0 unspecified atom stereocenters. The summed E-state index contributed by atoms with van der Waals surface area (Å²) in [4.78, 5) is 11.4. The number of nitrogens with zero attached hydrogens (tertiary/aromatic N) is 1. The molecule has 17 heavy (non-hydrogen) atoms. The van der Waals surface area contributed by atoms with Gasteiger partial charge in [0.2, 0.25) is 0 Å². The minimum Gasteiger partial charge on any atom is -0.367 e. The number of carbonyl (C=O) groups is 1. The number of ketones is 1. The maximum Gasteiger partial charge on any atom is 0.172 e. The van der Waals surface area contributed by atoms with E-state index in [2.05, 4.69) is 0 Å². The number of carbonyl (C=O) groups excluding carboxylic acids is 1. The molecule has 0 aliphatic heterocycles. The van der Waals surface area contributed by atoms with Crippen molar-refractivity contribution in [3.8, 4) is 6.07 Å². The SMILES string of the molecule is N#CCC(=O)COC12CC3CC(CC(C3)C1)C2. The number of ether oxygens (including phenoxy) is 1. The number of hydrogen-bond acceptors (Lipinski definition) is 3. The Bertz CT molecular complexity index is 334. The Labute approximate surface area is 102 Å². The van der Waals surface area contributed by atoms with Gasteiger partial charge in [-0.15, -0.1) is 0 Å². The van der Waals surface area contributed by atoms with Gasteiger partial charge in [-0.25, -0.2) is 0 Å². The van der Waals surface area contributed by atoms with Crippen LogP contribution in [-0.4, -0.2) is 18.0 Å². The topological polar surface area (TPSA) is 50.1 Å². The van der Waals surface area contributed by atoms with Crippen molar-refractivity contribution in [1.82, 2.24) is 0 Å². The first-order valence-electron chi connectivity index (χ1n) is 6.72. The quantitative estimate of drug-likeness (QED) is 0.749. The number of Topliss-reactive ketones (excluding diaryl/α,β-unsaturated/α-hetero) is 1. The minimum absolute atomic E-state index is 0.000133. The van der Waals surface area contributed by atoms with E-state index in [0.717, 1.165) is 37.0 Å². The monoisotopic (exact) mass is 233 g/mol. The van der Waals surface area contributed by atoms with Crippen LogP contribution in [0.15, 0.2) is 0 Å². The van der Waals surface area contributed by atoms with E-state index in [9.17, 15) is 4.79 Å². The summed E-state index contributed by atoms with van der Waals surface area (Å²) in [5.41, 5.74) is -0.000133. The average Bonchev–Trinajstić information content (AvgIpc) is 2.25. The Morgan fingerprint density at radius 2 is 1.71 bits per heavy atom. The molecule has 4 bridgehead atoms. The van der Waals surface area contributed by atoms with Crippen LogP contribution in [0.25, 0.3) is 0 Å². The highest BCUT2D eigenvalue weighted by Crippen LogP contribution is 2.57. The molecule has 0 N–H and O–H groups in total. The van der Waals surface area contributed by atoms with Crippen LogP contribution >= 0.6 is 0 Å². The predicted molar refractivity (Wildman–Crippen MR) is 62.1 cm³/mol. The first kappa shape index (κ1) is 11.2. The maximum atomic E-state index is 11.4. The van der Waals surface area contributed by atoms with Gasteiger partial charge in [-0.05, 0) is 56.3 Å². The lowest BCUT2D eigenvalue weighted by molar-refractivity contribution is -0.168. The summed E-state index contributed by atoms with van der Waals surface area (Å²) >= 11 is 0. The van der Waals surface area contributed by atoms with E-state index in [1.54, 1.807) is 0 Å². The standard InChI is InChI=1S/C14H19NO2/c15-2-1-13(16)9-17-14-6-10-3-11(7-14)5-12(4-10)8-14/h10-12H,1,3-9H2. The molecular weight excluding hydrogens is 214 g/mol. The molecule has 0 saturated heterocycles. The summed E-state index contributed by atoms with van der Waals surface area (Å²) in [6.45, 7) is 0.152. The molecule has 0 heterocycles. The third-order valence-electron chi connectivity index (χ3n) is 4.80. The lowest BCUT2D eigenvalue weighted by atomic mass is 9.54. The second-order valence-corrected chi connectivity index (χ2v) is 6.26. The summed E-state index contributed by atoms with van der Waals surface area (Å²) in [6, 6.07) is 1.90. The summed E-state index contributed by atoms with van der Waals surface area (Å²) in [6.07, 6.45) is 7.60. The van der Waals surface area contributed by atoms with Crippen molar-refractivity contribution in [2.24, 2.45) is 17.8 Å². The van der Waals surface area contributed by atoms with Crippen LogP contribution in [0.4, 0.5) is 0 Å². The van der Waals surface area contributed by atoms with Crippen LogP contribution < -0.4 is 0 Å². The van der Waals surface area contributed by atoms with Gasteiger partial charge in [0.05, 0.1) is 18.1 Å². The lowest BCUT2D eigenvalue weighted by Gasteiger charge is -2.56. The van der Waals surface area contributed by atoms with Gasteiger partial charge in [0.25, 0.3) is 0 Å². The zero-order valence-corrected chi connectivity index (χ0v) is 10.2. The molecule has 0 atom stereocenters. The van der Waals surface area contributed by atoms with Crippen LogP contribution in [0.1, 0.15) is 44.9 Å². The van der Waals surface area contributed by atoms with Crippen molar-refractivity contribution in [3.63, 3.8) is 0 Å². The first-order valence-corrected chi connectivity index (χ1v) is 6.72. The fourth-order valence-corrected chi connectivity index (χ4v) is 4.58. The summed E-state index contributed by atoms with van der Waals surface area (Å²) in [5, 5.41) is 8.47. The van der Waals surface area contributed by atoms with Gasteiger partial charge < -0.3 is 4.74 Å².